The maximum absolute atomic E-state index is 12.0. The number of ether oxygens (including phenoxy) is 1. The number of methoxy groups -OCH3 is 1. The number of para-hydroxylation sites is 2. The summed E-state index contributed by atoms with van der Waals surface area (Å²) in [5.41, 5.74) is 0.679. The van der Waals surface area contributed by atoms with Gasteiger partial charge in [-0.15, -0.1) is 0 Å². The highest BCUT2D eigenvalue weighted by Crippen LogP contribution is 2.23. The summed E-state index contributed by atoms with van der Waals surface area (Å²) < 4.78 is 7.72. The normalized spacial score (nSPS) is 10.3. The third kappa shape index (κ3) is 2.59. The monoisotopic (exact) mass is 275 g/mol. The Balaban J connectivity index is 2.28. The van der Waals surface area contributed by atoms with E-state index in [1.807, 2.05) is 24.3 Å². The highest BCUT2D eigenvalue weighted by Gasteiger charge is 2.07. The highest BCUT2D eigenvalue weighted by atomic mass is 16.5. The molecule has 0 aliphatic heterocycles. The zero-order chi connectivity index (χ0) is 14.7. The molecule has 106 valence electrons. The standard InChI is InChI=1S/C14H17N3O3/c1-16-9-10(13(18)17(2)14(16)19)8-15-11-6-4-5-7-12(11)20-3/h4-7,9,15H,8H2,1-3H3. The van der Waals surface area contributed by atoms with Gasteiger partial charge in [-0.3, -0.25) is 9.36 Å². The number of aryl methyl sites for hydroxylation is 1. The van der Waals surface area contributed by atoms with E-state index >= 15 is 0 Å². The van der Waals surface area contributed by atoms with Crippen molar-refractivity contribution in [2.75, 3.05) is 12.4 Å². The van der Waals surface area contributed by atoms with Crippen LogP contribution in [0.3, 0.4) is 0 Å². The van der Waals surface area contributed by atoms with E-state index in [0.29, 0.717) is 17.9 Å². The molecule has 6 heteroatoms. The van der Waals surface area contributed by atoms with E-state index in [4.69, 9.17) is 4.74 Å². The zero-order valence-corrected chi connectivity index (χ0v) is 11.7. The zero-order valence-electron chi connectivity index (χ0n) is 11.7. The van der Waals surface area contributed by atoms with E-state index in [1.165, 1.54) is 11.6 Å². The first kappa shape index (κ1) is 13.9. The molecule has 0 saturated heterocycles. The van der Waals surface area contributed by atoms with Gasteiger partial charge in [0.2, 0.25) is 0 Å². The number of nitrogens with zero attached hydrogens (tertiary/aromatic N) is 2. The van der Waals surface area contributed by atoms with Crippen LogP contribution in [0.2, 0.25) is 0 Å². The lowest BCUT2D eigenvalue weighted by molar-refractivity contribution is 0.416. The smallest absolute Gasteiger partial charge is 0.330 e. The van der Waals surface area contributed by atoms with Crippen LogP contribution in [0.5, 0.6) is 5.75 Å². The van der Waals surface area contributed by atoms with Gasteiger partial charge < -0.3 is 14.6 Å². The number of rotatable bonds is 4. The van der Waals surface area contributed by atoms with Crippen molar-refractivity contribution < 1.29 is 4.74 Å². The van der Waals surface area contributed by atoms with E-state index in [1.54, 1.807) is 20.4 Å². The topological polar surface area (TPSA) is 65.3 Å². The Kier molecular flexibility index (Phi) is 3.93. The molecule has 2 aromatic rings. The van der Waals surface area contributed by atoms with Crippen LogP contribution in [0, 0.1) is 0 Å². The second-order valence-electron chi connectivity index (χ2n) is 4.47. The molecule has 0 aliphatic rings. The lowest BCUT2D eigenvalue weighted by Gasteiger charge is -2.11. The minimum atomic E-state index is -0.337. The van der Waals surface area contributed by atoms with Crippen LogP contribution in [0.25, 0.3) is 0 Å². The molecule has 0 amide bonds. The minimum Gasteiger partial charge on any atom is -0.495 e. The van der Waals surface area contributed by atoms with E-state index in [0.717, 1.165) is 10.3 Å². The number of aromatic nitrogens is 2. The Labute approximate surface area is 116 Å². The minimum absolute atomic E-state index is 0.296. The van der Waals surface area contributed by atoms with Crippen LogP contribution in [0.1, 0.15) is 5.56 Å². The molecule has 1 aromatic carbocycles. The van der Waals surface area contributed by atoms with Crippen LogP contribution in [0.4, 0.5) is 5.69 Å². The first-order valence-corrected chi connectivity index (χ1v) is 6.17. The Morgan fingerprint density at radius 1 is 1.20 bits per heavy atom. The van der Waals surface area contributed by atoms with Crippen LogP contribution in [-0.4, -0.2) is 16.2 Å². The van der Waals surface area contributed by atoms with Crippen molar-refractivity contribution in [1.82, 2.24) is 9.13 Å². The molecular formula is C14H17N3O3. The predicted molar refractivity (Wildman–Crippen MR) is 77.2 cm³/mol. The molecule has 6 nitrogen and oxygen atoms in total. The fourth-order valence-electron chi connectivity index (χ4n) is 1.99. The fraction of sp³-hybridized carbons (Fsp3) is 0.286. The van der Waals surface area contributed by atoms with Crippen molar-refractivity contribution >= 4 is 5.69 Å². The van der Waals surface area contributed by atoms with Gasteiger partial charge in [-0.25, -0.2) is 4.79 Å². The molecule has 1 heterocycles. The summed E-state index contributed by atoms with van der Waals surface area (Å²) in [4.78, 5) is 23.6. The number of nitrogens with one attached hydrogen (secondary N) is 1. The van der Waals surface area contributed by atoms with Crippen molar-refractivity contribution in [2.24, 2.45) is 14.1 Å². The van der Waals surface area contributed by atoms with Gasteiger partial charge in [0, 0.05) is 26.8 Å². The lowest BCUT2D eigenvalue weighted by atomic mass is 10.2. The van der Waals surface area contributed by atoms with E-state index in [2.05, 4.69) is 5.32 Å². The lowest BCUT2D eigenvalue weighted by Crippen LogP contribution is -2.38. The van der Waals surface area contributed by atoms with Crippen LogP contribution >= 0.6 is 0 Å². The average Bonchev–Trinajstić information content (AvgIpc) is 2.47. The Morgan fingerprint density at radius 2 is 1.90 bits per heavy atom. The summed E-state index contributed by atoms with van der Waals surface area (Å²) in [5, 5.41) is 3.14. The molecule has 0 spiro atoms. The molecule has 0 fully saturated rings. The summed E-state index contributed by atoms with van der Waals surface area (Å²) in [7, 11) is 4.68. The molecule has 20 heavy (non-hydrogen) atoms. The Bertz CT molecular complexity index is 731. The molecule has 0 aliphatic carbocycles. The second-order valence-corrected chi connectivity index (χ2v) is 4.47. The van der Waals surface area contributed by atoms with Gasteiger partial charge in [0.05, 0.1) is 18.4 Å². The predicted octanol–water partition coefficient (Wildman–Crippen LogP) is 0.705. The van der Waals surface area contributed by atoms with Crippen molar-refractivity contribution in [3.63, 3.8) is 0 Å². The second kappa shape index (κ2) is 5.64. The average molecular weight is 275 g/mol. The third-order valence-electron chi connectivity index (χ3n) is 3.09. The molecule has 0 bridgehead atoms. The van der Waals surface area contributed by atoms with Crippen LogP contribution < -0.4 is 21.3 Å². The first-order chi connectivity index (χ1) is 9.54. The van der Waals surface area contributed by atoms with E-state index in [-0.39, 0.29) is 11.2 Å². The van der Waals surface area contributed by atoms with Gasteiger partial charge in [-0.2, -0.15) is 0 Å². The van der Waals surface area contributed by atoms with Gasteiger partial charge >= 0.3 is 5.69 Å². The van der Waals surface area contributed by atoms with Gasteiger partial charge in [-0.05, 0) is 12.1 Å². The summed E-state index contributed by atoms with van der Waals surface area (Å²) in [6.45, 7) is 0.321. The van der Waals surface area contributed by atoms with Gasteiger partial charge in [-0.1, -0.05) is 12.1 Å². The number of hydrogen-bond donors (Lipinski definition) is 1. The molecule has 0 radical (unpaired) electrons. The maximum Gasteiger partial charge on any atom is 0.330 e. The first-order valence-electron chi connectivity index (χ1n) is 6.17. The van der Waals surface area contributed by atoms with Gasteiger partial charge in [0.15, 0.2) is 0 Å². The molecule has 0 unspecified atom stereocenters. The number of hydrogen-bond acceptors (Lipinski definition) is 4. The largest absolute Gasteiger partial charge is 0.495 e. The summed E-state index contributed by atoms with van der Waals surface area (Å²) in [6.07, 6.45) is 1.55. The molecular weight excluding hydrogens is 258 g/mol. The molecule has 0 saturated carbocycles. The van der Waals surface area contributed by atoms with Crippen molar-refractivity contribution in [3.8, 4) is 5.75 Å². The quantitative estimate of drug-likeness (QED) is 0.892. The molecule has 1 N–H and O–H groups in total. The highest BCUT2D eigenvalue weighted by molar-refractivity contribution is 5.56. The van der Waals surface area contributed by atoms with Crippen LogP contribution in [0.15, 0.2) is 40.1 Å². The van der Waals surface area contributed by atoms with Crippen LogP contribution in [-0.2, 0) is 20.6 Å². The van der Waals surface area contributed by atoms with Crippen molar-refractivity contribution in [3.05, 3.63) is 56.9 Å². The Morgan fingerprint density at radius 3 is 2.60 bits per heavy atom. The Hall–Kier alpha value is -2.50. The van der Waals surface area contributed by atoms with Crippen molar-refractivity contribution in [1.29, 1.82) is 0 Å². The number of anilines is 1. The molecule has 2 rings (SSSR count). The SMILES string of the molecule is COc1ccccc1NCc1cn(C)c(=O)n(C)c1=O. The van der Waals surface area contributed by atoms with E-state index < -0.39 is 0 Å². The summed E-state index contributed by atoms with van der Waals surface area (Å²) in [5.74, 6) is 0.703. The summed E-state index contributed by atoms with van der Waals surface area (Å²) >= 11 is 0. The molecule has 1 aromatic heterocycles. The summed E-state index contributed by atoms with van der Waals surface area (Å²) in [6, 6.07) is 7.45. The van der Waals surface area contributed by atoms with Crippen molar-refractivity contribution in [2.45, 2.75) is 6.54 Å². The van der Waals surface area contributed by atoms with E-state index in [9.17, 15) is 9.59 Å². The van der Waals surface area contributed by atoms with Gasteiger partial charge in [0.1, 0.15) is 5.75 Å². The molecule has 0 atom stereocenters. The maximum atomic E-state index is 12.0. The third-order valence-corrected chi connectivity index (χ3v) is 3.09. The van der Waals surface area contributed by atoms with Gasteiger partial charge in [0.25, 0.3) is 5.56 Å². The fourth-order valence-corrected chi connectivity index (χ4v) is 1.99. The number of benzene rings is 1.